The zero-order chi connectivity index (χ0) is 15.2. The molecule has 5 heteroatoms. The topological polar surface area (TPSA) is 41.6 Å². The largest absolute Gasteiger partial charge is 0.384 e. The molecule has 116 valence electrons. The number of amides is 1. The van der Waals surface area contributed by atoms with E-state index in [-0.39, 0.29) is 5.91 Å². The second-order valence-electron chi connectivity index (χ2n) is 5.73. The zero-order valence-electron chi connectivity index (χ0n) is 12.7. The molecule has 0 bridgehead atoms. The molecule has 1 aromatic rings. The summed E-state index contributed by atoms with van der Waals surface area (Å²) in [5.41, 5.74) is 1.76. The Morgan fingerprint density at radius 3 is 3.05 bits per heavy atom. The Kier molecular flexibility index (Phi) is 6.03. The number of hydrogen-bond donors (Lipinski definition) is 1. The Balaban J connectivity index is 1.86. The van der Waals surface area contributed by atoms with Gasteiger partial charge in [-0.25, -0.2) is 0 Å². The number of halogens is 1. The third-order valence-corrected chi connectivity index (χ3v) is 4.08. The van der Waals surface area contributed by atoms with Gasteiger partial charge in [0.15, 0.2) is 0 Å². The number of piperidine rings is 1. The molecule has 1 fully saturated rings. The molecule has 0 unspecified atom stereocenters. The summed E-state index contributed by atoms with van der Waals surface area (Å²) in [7, 11) is 1.73. The number of carbonyl (C=O) groups is 1. The Labute approximate surface area is 131 Å². The number of methoxy groups -OCH3 is 1. The van der Waals surface area contributed by atoms with E-state index in [1.54, 1.807) is 7.11 Å². The van der Waals surface area contributed by atoms with Crippen LogP contribution in [0.3, 0.4) is 0 Å². The lowest BCUT2D eigenvalue weighted by Gasteiger charge is -2.31. The van der Waals surface area contributed by atoms with Gasteiger partial charge in [0.1, 0.15) is 0 Å². The number of ether oxygens (including phenoxy) is 1. The van der Waals surface area contributed by atoms with E-state index in [1.807, 2.05) is 25.1 Å². The first-order valence-electron chi connectivity index (χ1n) is 7.36. The maximum absolute atomic E-state index is 12.1. The highest BCUT2D eigenvalue weighted by Crippen LogP contribution is 2.23. The van der Waals surface area contributed by atoms with Gasteiger partial charge in [0, 0.05) is 13.7 Å². The van der Waals surface area contributed by atoms with Crippen LogP contribution >= 0.6 is 11.6 Å². The highest BCUT2D eigenvalue weighted by molar-refractivity contribution is 6.33. The lowest BCUT2D eigenvalue weighted by Crippen LogP contribution is -2.41. The third-order valence-electron chi connectivity index (χ3n) is 3.77. The van der Waals surface area contributed by atoms with Gasteiger partial charge in [0.25, 0.3) is 0 Å². The second-order valence-corrected chi connectivity index (χ2v) is 6.14. The summed E-state index contributed by atoms with van der Waals surface area (Å²) in [6.07, 6.45) is 2.29. The first kappa shape index (κ1) is 16.3. The summed E-state index contributed by atoms with van der Waals surface area (Å²) >= 11 is 6.14. The van der Waals surface area contributed by atoms with Gasteiger partial charge in [-0.05, 0) is 49.9 Å². The fourth-order valence-electron chi connectivity index (χ4n) is 2.78. The number of nitrogens with one attached hydrogen (secondary N) is 1. The third kappa shape index (κ3) is 4.99. The SMILES string of the molecule is COC[C@H]1CCCN(CC(=O)Nc2ccc(C)cc2Cl)C1. The first-order valence-corrected chi connectivity index (χ1v) is 7.73. The average Bonchev–Trinajstić information content (AvgIpc) is 2.43. The molecule has 0 spiro atoms. The molecule has 1 N–H and O–H groups in total. The van der Waals surface area contributed by atoms with Gasteiger partial charge < -0.3 is 10.1 Å². The van der Waals surface area contributed by atoms with Gasteiger partial charge in [-0.2, -0.15) is 0 Å². The highest BCUT2D eigenvalue weighted by Gasteiger charge is 2.21. The molecule has 1 atom stereocenters. The van der Waals surface area contributed by atoms with Crippen LogP contribution in [-0.2, 0) is 9.53 Å². The molecule has 1 aliphatic heterocycles. The molecule has 1 aromatic carbocycles. The fourth-order valence-corrected chi connectivity index (χ4v) is 3.06. The van der Waals surface area contributed by atoms with Crippen molar-refractivity contribution >= 4 is 23.2 Å². The lowest BCUT2D eigenvalue weighted by atomic mass is 9.99. The van der Waals surface area contributed by atoms with Crippen molar-refractivity contribution in [3.05, 3.63) is 28.8 Å². The number of carbonyl (C=O) groups excluding carboxylic acids is 1. The molecule has 1 heterocycles. The van der Waals surface area contributed by atoms with E-state index >= 15 is 0 Å². The normalized spacial score (nSPS) is 19.5. The highest BCUT2D eigenvalue weighted by atomic mass is 35.5. The van der Waals surface area contributed by atoms with Crippen LogP contribution in [0.2, 0.25) is 5.02 Å². The van der Waals surface area contributed by atoms with Crippen LogP contribution in [0, 0.1) is 12.8 Å². The minimum absolute atomic E-state index is 0.0150. The predicted molar refractivity (Wildman–Crippen MR) is 85.9 cm³/mol. The van der Waals surface area contributed by atoms with Crippen molar-refractivity contribution in [2.45, 2.75) is 19.8 Å². The number of likely N-dealkylation sites (tertiary alicyclic amines) is 1. The maximum atomic E-state index is 12.1. The van der Waals surface area contributed by atoms with Crippen LogP contribution in [0.25, 0.3) is 0 Å². The minimum atomic E-state index is -0.0150. The van der Waals surface area contributed by atoms with Crippen LogP contribution in [-0.4, -0.2) is 44.2 Å². The van der Waals surface area contributed by atoms with Crippen molar-refractivity contribution in [3.63, 3.8) is 0 Å². The molecular formula is C16H23ClN2O2. The number of hydrogen-bond acceptors (Lipinski definition) is 3. The van der Waals surface area contributed by atoms with Gasteiger partial charge in [0.2, 0.25) is 5.91 Å². The van der Waals surface area contributed by atoms with Crippen molar-refractivity contribution < 1.29 is 9.53 Å². The molecule has 1 aliphatic rings. The van der Waals surface area contributed by atoms with Crippen molar-refractivity contribution in [1.82, 2.24) is 4.90 Å². The molecule has 0 aromatic heterocycles. The van der Waals surface area contributed by atoms with Crippen LogP contribution in [0.15, 0.2) is 18.2 Å². The molecule has 21 heavy (non-hydrogen) atoms. The fraction of sp³-hybridized carbons (Fsp3) is 0.562. The Hall–Kier alpha value is -1.10. The van der Waals surface area contributed by atoms with Crippen LogP contribution < -0.4 is 5.32 Å². The maximum Gasteiger partial charge on any atom is 0.238 e. The molecule has 0 aliphatic carbocycles. The monoisotopic (exact) mass is 310 g/mol. The molecule has 0 saturated carbocycles. The molecule has 0 radical (unpaired) electrons. The summed E-state index contributed by atoms with van der Waals surface area (Å²) in [5, 5.41) is 3.47. The van der Waals surface area contributed by atoms with Crippen LogP contribution in [0.1, 0.15) is 18.4 Å². The summed E-state index contributed by atoms with van der Waals surface area (Å²) in [4.78, 5) is 14.3. The van der Waals surface area contributed by atoms with Gasteiger partial charge >= 0.3 is 0 Å². The average molecular weight is 311 g/mol. The number of nitrogens with zero attached hydrogens (tertiary/aromatic N) is 1. The van der Waals surface area contributed by atoms with E-state index in [0.29, 0.717) is 23.2 Å². The van der Waals surface area contributed by atoms with Crippen molar-refractivity contribution in [3.8, 4) is 0 Å². The summed E-state index contributed by atoms with van der Waals surface area (Å²) < 4.78 is 5.21. The summed E-state index contributed by atoms with van der Waals surface area (Å²) in [6.45, 7) is 5.03. The Morgan fingerprint density at radius 1 is 1.52 bits per heavy atom. The summed E-state index contributed by atoms with van der Waals surface area (Å²) in [6, 6.07) is 5.64. The first-order chi connectivity index (χ1) is 10.1. The Morgan fingerprint density at radius 2 is 2.33 bits per heavy atom. The summed E-state index contributed by atoms with van der Waals surface area (Å²) in [5.74, 6) is 0.512. The van der Waals surface area contributed by atoms with E-state index in [2.05, 4.69) is 10.2 Å². The molecule has 1 saturated heterocycles. The molecule has 1 amide bonds. The number of anilines is 1. The van der Waals surface area contributed by atoms with E-state index in [1.165, 1.54) is 6.42 Å². The predicted octanol–water partition coefficient (Wildman–Crippen LogP) is 2.95. The van der Waals surface area contributed by atoms with Crippen LogP contribution in [0.4, 0.5) is 5.69 Å². The van der Waals surface area contributed by atoms with E-state index in [9.17, 15) is 4.79 Å². The number of benzene rings is 1. The number of rotatable bonds is 5. The smallest absolute Gasteiger partial charge is 0.238 e. The molecular weight excluding hydrogens is 288 g/mol. The lowest BCUT2D eigenvalue weighted by molar-refractivity contribution is -0.117. The number of aryl methyl sites for hydroxylation is 1. The van der Waals surface area contributed by atoms with Crippen molar-refractivity contribution in [2.75, 3.05) is 38.7 Å². The van der Waals surface area contributed by atoms with Crippen molar-refractivity contribution in [2.24, 2.45) is 5.92 Å². The van der Waals surface area contributed by atoms with E-state index in [4.69, 9.17) is 16.3 Å². The van der Waals surface area contributed by atoms with E-state index < -0.39 is 0 Å². The van der Waals surface area contributed by atoms with Gasteiger partial charge in [-0.15, -0.1) is 0 Å². The molecule has 4 nitrogen and oxygen atoms in total. The molecule has 2 rings (SSSR count). The van der Waals surface area contributed by atoms with Crippen LogP contribution in [0.5, 0.6) is 0 Å². The minimum Gasteiger partial charge on any atom is -0.384 e. The van der Waals surface area contributed by atoms with Gasteiger partial charge in [-0.3, -0.25) is 9.69 Å². The van der Waals surface area contributed by atoms with Gasteiger partial charge in [0.05, 0.1) is 23.9 Å². The standard InChI is InChI=1S/C16H23ClN2O2/c1-12-5-6-15(14(17)8-12)18-16(20)10-19-7-3-4-13(9-19)11-21-2/h5-6,8,13H,3-4,7,9-11H2,1-2H3,(H,18,20)/t13-/m0/s1. The zero-order valence-corrected chi connectivity index (χ0v) is 13.4. The quantitative estimate of drug-likeness (QED) is 0.909. The Bertz CT molecular complexity index is 491. The van der Waals surface area contributed by atoms with E-state index in [0.717, 1.165) is 31.7 Å². The van der Waals surface area contributed by atoms with Gasteiger partial charge in [-0.1, -0.05) is 17.7 Å². The second kappa shape index (κ2) is 7.78. The van der Waals surface area contributed by atoms with Crippen molar-refractivity contribution in [1.29, 1.82) is 0 Å².